The molecule has 0 amide bonds. The lowest BCUT2D eigenvalue weighted by Gasteiger charge is -2.27. The van der Waals surface area contributed by atoms with E-state index >= 15 is 0 Å². The second-order valence-corrected chi connectivity index (χ2v) is 5.92. The maximum absolute atomic E-state index is 10.9. The normalized spacial score (nSPS) is 23.2. The molecule has 0 bridgehead atoms. The lowest BCUT2D eigenvalue weighted by atomic mass is 9.82. The van der Waals surface area contributed by atoms with Gasteiger partial charge in [0.1, 0.15) is 0 Å². The molecule has 4 heteroatoms. The summed E-state index contributed by atoms with van der Waals surface area (Å²) in [4.78, 5) is 10.9. The Morgan fingerprint density at radius 3 is 2.76 bits per heavy atom. The summed E-state index contributed by atoms with van der Waals surface area (Å²) in [5, 5.41) is 21.4. The molecule has 4 nitrogen and oxygen atoms in total. The average molecular weight is 286 g/mol. The van der Waals surface area contributed by atoms with Crippen molar-refractivity contribution in [2.24, 2.45) is 11.8 Å². The zero-order chi connectivity index (χ0) is 15.2. The summed E-state index contributed by atoms with van der Waals surface area (Å²) >= 11 is 0. The van der Waals surface area contributed by atoms with Crippen LogP contribution < -0.4 is 5.32 Å². The summed E-state index contributed by atoms with van der Waals surface area (Å²) in [6, 6.07) is 10.0. The maximum Gasteiger partial charge on any atom is 0.306 e. The van der Waals surface area contributed by atoms with Crippen molar-refractivity contribution in [2.75, 3.05) is 6.54 Å². The molecule has 0 radical (unpaired) electrons. The summed E-state index contributed by atoms with van der Waals surface area (Å²) in [6.45, 7) is 3.00. The van der Waals surface area contributed by atoms with Crippen LogP contribution in [0.4, 0.5) is 0 Å². The second kappa shape index (κ2) is 7.24. The SMILES string of the molecule is CC(NCC1CCC(C(=O)O)CC1)c1cccc(C#N)c1. The Kier molecular flexibility index (Phi) is 5.35. The van der Waals surface area contributed by atoms with Gasteiger partial charge in [0.15, 0.2) is 0 Å². The Hall–Kier alpha value is -1.86. The first-order chi connectivity index (χ1) is 10.1. The van der Waals surface area contributed by atoms with Crippen LogP contribution in [0, 0.1) is 23.2 Å². The van der Waals surface area contributed by atoms with Crippen LogP contribution in [0.3, 0.4) is 0 Å². The largest absolute Gasteiger partial charge is 0.481 e. The van der Waals surface area contributed by atoms with E-state index in [1.165, 1.54) is 0 Å². The van der Waals surface area contributed by atoms with Crippen LogP contribution in [0.15, 0.2) is 24.3 Å². The number of hydrogen-bond acceptors (Lipinski definition) is 3. The Morgan fingerprint density at radius 2 is 2.14 bits per heavy atom. The van der Waals surface area contributed by atoms with Crippen molar-refractivity contribution in [1.82, 2.24) is 5.32 Å². The van der Waals surface area contributed by atoms with Gasteiger partial charge in [0.25, 0.3) is 0 Å². The van der Waals surface area contributed by atoms with Gasteiger partial charge in [0.2, 0.25) is 0 Å². The fourth-order valence-corrected chi connectivity index (χ4v) is 2.95. The van der Waals surface area contributed by atoms with Crippen LogP contribution >= 0.6 is 0 Å². The van der Waals surface area contributed by atoms with E-state index in [1.54, 1.807) is 0 Å². The number of benzene rings is 1. The molecule has 1 unspecified atom stereocenters. The van der Waals surface area contributed by atoms with Crippen LogP contribution in [0.5, 0.6) is 0 Å². The quantitative estimate of drug-likeness (QED) is 0.872. The van der Waals surface area contributed by atoms with Gasteiger partial charge in [-0.2, -0.15) is 5.26 Å². The molecule has 0 aliphatic heterocycles. The first kappa shape index (κ1) is 15.5. The molecule has 1 fully saturated rings. The molecule has 2 rings (SSSR count). The highest BCUT2D eigenvalue weighted by molar-refractivity contribution is 5.69. The van der Waals surface area contributed by atoms with Gasteiger partial charge in [-0.3, -0.25) is 4.79 Å². The lowest BCUT2D eigenvalue weighted by molar-refractivity contribution is -0.143. The number of carboxylic acids is 1. The van der Waals surface area contributed by atoms with E-state index in [4.69, 9.17) is 10.4 Å². The zero-order valence-electron chi connectivity index (χ0n) is 12.4. The van der Waals surface area contributed by atoms with Gasteiger partial charge in [-0.15, -0.1) is 0 Å². The molecule has 0 saturated heterocycles. The Labute approximate surface area is 125 Å². The van der Waals surface area contributed by atoms with E-state index in [1.807, 2.05) is 24.3 Å². The van der Waals surface area contributed by atoms with E-state index < -0.39 is 5.97 Å². The van der Waals surface area contributed by atoms with Crippen molar-refractivity contribution < 1.29 is 9.90 Å². The maximum atomic E-state index is 10.9. The first-order valence-corrected chi connectivity index (χ1v) is 7.56. The van der Waals surface area contributed by atoms with Gasteiger partial charge >= 0.3 is 5.97 Å². The summed E-state index contributed by atoms with van der Waals surface area (Å²) < 4.78 is 0. The van der Waals surface area contributed by atoms with E-state index in [0.717, 1.165) is 37.8 Å². The summed E-state index contributed by atoms with van der Waals surface area (Å²) in [5.41, 5.74) is 1.80. The topological polar surface area (TPSA) is 73.1 Å². The minimum absolute atomic E-state index is 0.147. The van der Waals surface area contributed by atoms with Crippen molar-refractivity contribution in [1.29, 1.82) is 5.26 Å². The van der Waals surface area contributed by atoms with Gasteiger partial charge in [-0.1, -0.05) is 12.1 Å². The molecule has 1 aromatic rings. The predicted molar refractivity (Wildman–Crippen MR) is 80.7 cm³/mol. The number of rotatable bonds is 5. The van der Waals surface area contributed by atoms with Gasteiger partial charge in [0.05, 0.1) is 17.6 Å². The number of hydrogen-bond donors (Lipinski definition) is 2. The number of carbonyl (C=O) groups is 1. The smallest absolute Gasteiger partial charge is 0.306 e. The molecular weight excluding hydrogens is 264 g/mol. The third-order valence-corrected chi connectivity index (χ3v) is 4.42. The highest BCUT2D eigenvalue weighted by Gasteiger charge is 2.25. The van der Waals surface area contributed by atoms with Crippen LogP contribution in [0.1, 0.15) is 49.8 Å². The molecule has 1 aliphatic carbocycles. The standard InChI is InChI=1S/C17H22N2O2/c1-12(16-4-2-3-14(9-16)10-18)19-11-13-5-7-15(8-6-13)17(20)21/h2-4,9,12-13,15,19H,5-8,11H2,1H3,(H,20,21). The molecule has 1 atom stereocenters. The minimum atomic E-state index is -0.650. The first-order valence-electron chi connectivity index (χ1n) is 7.56. The van der Waals surface area contributed by atoms with E-state index in [2.05, 4.69) is 18.3 Å². The Balaban J connectivity index is 1.81. The second-order valence-electron chi connectivity index (χ2n) is 5.92. The van der Waals surface area contributed by atoms with Crippen molar-refractivity contribution in [3.63, 3.8) is 0 Å². The Bertz CT molecular complexity index is 528. The Morgan fingerprint density at radius 1 is 1.43 bits per heavy atom. The van der Waals surface area contributed by atoms with Crippen LogP contribution in [0.2, 0.25) is 0 Å². The van der Waals surface area contributed by atoms with E-state index in [-0.39, 0.29) is 12.0 Å². The van der Waals surface area contributed by atoms with Gasteiger partial charge in [-0.05, 0) is 62.8 Å². The molecular formula is C17H22N2O2. The molecule has 1 aromatic carbocycles. The summed E-state index contributed by atoms with van der Waals surface area (Å²) in [6.07, 6.45) is 3.55. The monoisotopic (exact) mass is 286 g/mol. The minimum Gasteiger partial charge on any atom is -0.481 e. The fourth-order valence-electron chi connectivity index (χ4n) is 2.95. The van der Waals surface area contributed by atoms with Crippen molar-refractivity contribution in [3.05, 3.63) is 35.4 Å². The number of carboxylic acid groups (broad SMARTS) is 1. The number of aliphatic carboxylic acids is 1. The summed E-state index contributed by atoms with van der Waals surface area (Å²) in [5.74, 6) is -0.240. The molecule has 1 aliphatic rings. The van der Waals surface area contributed by atoms with Crippen LogP contribution in [-0.4, -0.2) is 17.6 Å². The summed E-state index contributed by atoms with van der Waals surface area (Å²) in [7, 11) is 0. The van der Waals surface area contributed by atoms with E-state index in [9.17, 15) is 4.79 Å². The lowest BCUT2D eigenvalue weighted by Crippen LogP contribution is -2.30. The number of nitrogens with zero attached hydrogens (tertiary/aromatic N) is 1. The highest BCUT2D eigenvalue weighted by atomic mass is 16.4. The van der Waals surface area contributed by atoms with Crippen molar-refractivity contribution in [3.8, 4) is 6.07 Å². The number of nitriles is 1. The zero-order valence-corrected chi connectivity index (χ0v) is 12.4. The van der Waals surface area contributed by atoms with Gasteiger partial charge in [-0.25, -0.2) is 0 Å². The predicted octanol–water partition coefficient (Wildman–Crippen LogP) is 3.10. The molecule has 112 valence electrons. The number of nitrogens with one attached hydrogen (secondary N) is 1. The van der Waals surface area contributed by atoms with Gasteiger partial charge in [0, 0.05) is 6.04 Å². The molecule has 21 heavy (non-hydrogen) atoms. The van der Waals surface area contributed by atoms with Crippen molar-refractivity contribution in [2.45, 2.75) is 38.6 Å². The van der Waals surface area contributed by atoms with E-state index in [0.29, 0.717) is 11.5 Å². The van der Waals surface area contributed by atoms with Gasteiger partial charge < -0.3 is 10.4 Å². The van der Waals surface area contributed by atoms with Crippen LogP contribution in [-0.2, 0) is 4.79 Å². The molecule has 2 N–H and O–H groups in total. The molecule has 1 saturated carbocycles. The molecule has 0 heterocycles. The average Bonchev–Trinajstić information content (AvgIpc) is 2.53. The van der Waals surface area contributed by atoms with Crippen LogP contribution in [0.25, 0.3) is 0 Å². The third-order valence-electron chi connectivity index (χ3n) is 4.42. The molecule has 0 spiro atoms. The van der Waals surface area contributed by atoms with Crippen molar-refractivity contribution >= 4 is 5.97 Å². The molecule has 0 aromatic heterocycles. The highest BCUT2D eigenvalue weighted by Crippen LogP contribution is 2.29. The fraction of sp³-hybridized carbons (Fsp3) is 0.529. The third kappa shape index (κ3) is 4.30.